The van der Waals surface area contributed by atoms with Gasteiger partial charge in [0.05, 0.1) is 7.11 Å². The maximum Gasteiger partial charge on any atom is 0.121 e. The summed E-state index contributed by atoms with van der Waals surface area (Å²) in [6.45, 7) is 5.92. The molecule has 0 bridgehead atoms. The SMILES string of the molecule is COc1ccc(CN(C)CC(C)N)cc1C. The standard InChI is InChI=1S/C13H22N2O/c1-10-7-12(5-6-13(10)16-4)9-15(3)8-11(2)14/h5-7,11H,8-9,14H2,1-4H3. The first-order valence-corrected chi connectivity index (χ1v) is 5.60. The number of methoxy groups -OCH3 is 1. The van der Waals surface area contributed by atoms with E-state index in [4.69, 9.17) is 10.5 Å². The number of rotatable bonds is 5. The van der Waals surface area contributed by atoms with E-state index in [1.807, 2.05) is 13.0 Å². The topological polar surface area (TPSA) is 38.5 Å². The zero-order chi connectivity index (χ0) is 12.1. The summed E-state index contributed by atoms with van der Waals surface area (Å²) in [6, 6.07) is 6.49. The normalized spacial score (nSPS) is 12.9. The molecule has 0 aromatic heterocycles. The van der Waals surface area contributed by atoms with Gasteiger partial charge in [0.25, 0.3) is 0 Å². The molecule has 1 atom stereocenters. The number of nitrogens with two attached hydrogens (primary N) is 1. The molecule has 1 unspecified atom stereocenters. The molecule has 90 valence electrons. The lowest BCUT2D eigenvalue weighted by atomic mass is 10.1. The Morgan fingerprint density at radius 3 is 2.62 bits per heavy atom. The third-order valence-electron chi connectivity index (χ3n) is 2.51. The average molecular weight is 222 g/mol. The largest absolute Gasteiger partial charge is 0.496 e. The Labute approximate surface area is 98.2 Å². The number of nitrogens with zero attached hydrogens (tertiary/aromatic N) is 1. The molecule has 0 aliphatic rings. The molecule has 2 N–H and O–H groups in total. The summed E-state index contributed by atoms with van der Waals surface area (Å²) < 4.78 is 5.24. The maximum absolute atomic E-state index is 5.76. The summed E-state index contributed by atoms with van der Waals surface area (Å²) in [7, 11) is 3.78. The number of aryl methyl sites for hydroxylation is 1. The van der Waals surface area contributed by atoms with Crippen LogP contribution in [0, 0.1) is 6.92 Å². The number of likely N-dealkylation sites (N-methyl/N-ethyl adjacent to an activating group) is 1. The van der Waals surface area contributed by atoms with Crippen LogP contribution in [0.4, 0.5) is 0 Å². The van der Waals surface area contributed by atoms with Crippen molar-refractivity contribution in [2.75, 3.05) is 20.7 Å². The van der Waals surface area contributed by atoms with Crippen molar-refractivity contribution in [2.24, 2.45) is 5.73 Å². The van der Waals surface area contributed by atoms with Gasteiger partial charge in [0.1, 0.15) is 5.75 Å². The van der Waals surface area contributed by atoms with Crippen LogP contribution < -0.4 is 10.5 Å². The van der Waals surface area contributed by atoms with Crippen LogP contribution in [0.15, 0.2) is 18.2 Å². The Morgan fingerprint density at radius 2 is 2.12 bits per heavy atom. The molecule has 0 radical (unpaired) electrons. The first kappa shape index (κ1) is 13.0. The number of hydrogen-bond donors (Lipinski definition) is 1. The lowest BCUT2D eigenvalue weighted by Crippen LogP contribution is -2.32. The molecule has 3 nitrogen and oxygen atoms in total. The summed E-state index contributed by atoms with van der Waals surface area (Å²) in [5.74, 6) is 0.943. The number of hydrogen-bond acceptors (Lipinski definition) is 3. The van der Waals surface area contributed by atoms with Gasteiger partial charge in [-0.2, -0.15) is 0 Å². The molecule has 1 aromatic carbocycles. The second kappa shape index (κ2) is 5.87. The molecule has 0 aliphatic carbocycles. The highest BCUT2D eigenvalue weighted by atomic mass is 16.5. The molecular weight excluding hydrogens is 200 g/mol. The third kappa shape index (κ3) is 3.83. The Kier molecular flexibility index (Phi) is 4.77. The molecule has 0 fully saturated rings. The van der Waals surface area contributed by atoms with E-state index >= 15 is 0 Å². The van der Waals surface area contributed by atoms with Gasteiger partial charge in [-0.3, -0.25) is 0 Å². The molecule has 0 saturated carbocycles. The van der Waals surface area contributed by atoms with Crippen LogP contribution in [-0.2, 0) is 6.54 Å². The molecule has 0 saturated heterocycles. The van der Waals surface area contributed by atoms with Gasteiger partial charge in [0, 0.05) is 19.1 Å². The Hall–Kier alpha value is -1.06. The van der Waals surface area contributed by atoms with Gasteiger partial charge in [0.2, 0.25) is 0 Å². The minimum Gasteiger partial charge on any atom is -0.496 e. The van der Waals surface area contributed by atoms with E-state index in [1.54, 1.807) is 7.11 Å². The van der Waals surface area contributed by atoms with Crippen molar-refractivity contribution in [1.82, 2.24) is 4.90 Å². The molecule has 3 heteroatoms. The van der Waals surface area contributed by atoms with Crippen LogP contribution in [0.3, 0.4) is 0 Å². The molecule has 0 amide bonds. The summed E-state index contributed by atoms with van der Waals surface area (Å²) in [5.41, 5.74) is 8.23. The van der Waals surface area contributed by atoms with Gasteiger partial charge in [-0.25, -0.2) is 0 Å². The van der Waals surface area contributed by atoms with Gasteiger partial charge in [-0.1, -0.05) is 12.1 Å². The Balaban J connectivity index is 2.64. The summed E-state index contributed by atoms with van der Waals surface area (Å²) in [4.78, 5) is 2.23. The van der Waals surface area contributed by atoms with Crippen LogP contribution in [0.2, 0.25) is 0 Å². The van der Waals surface area contributed by atoms with Crippen LogP contribution in [0.25, 0.3) is 0 Å². The highest BCUT2D eigenvalue weighted by Gasteiger charge is 2.05. The van der Waals surface area contributed by atoms with Gasteiger partial charge in [-0.15, -0.1) is 0 Å². The monoisotopic (exact) mass is 222 g/mol. The third-order valence-corrected chi connectivity index (χ3v) is 2.51. The van der Waals surface area contributed by atoms with Crippen molar-refractivity contribution < 1.29 is 4.74 Å². The van der Waals surface area contributed by atoms with E-state index < -0.39 is 0 Å². The first-order valence-electron chi connectivity index (χ1n) is 5.60. The molecule has 0 heterocycles. The number of ether oxygens (including phenoxy) is 1. The predicted molar refractivity (Wildman–Crippen MR) is 67.7 cm³/mol. The lowest BCUT2D eigenvalue weighted by molar-refractivity contribution is 0.309. The van der Waals surface area contributed by atoms with Crippen molar-refractivity contribution >= 4 is 0 Å². The van der Waals surface area contributed by atoms with Crippen LogP contribution >= 0.6 is 0 Å². The van der Waals surface area contributed by atoms with E-state index in [-0.39, 0.29) is 6.04 Å². The molecule has 0 aliphatic heterocycles. The van der Waals surface area contributed by atoms with Gasteiger partial charge >= 0.3 is 0 Å². The quantitative estimate of drug-likeness (QED) is 0.825. The van der Waals surface area contributed by atoms with Gasteiger partial charge in [0.15, 0.2) is 0 Å². The van der Waals surface area contributed by atoms with Crippen LogP contribution in [0.5, 0.6) is 5.75 Å². The van der Waals surface area contributed by atoms with Gasteiger partial charge < -0.3 is 15.4 Å². The summed E-state index contributed by atoms with van der Waals surface area (Å²) in [6.07, 6.45) is 0. The second-order valence-electron chi connectivity index (χ2n) is 4.48. The van der Waals surface area contributed by atoms with Crippen LogP contribution in [-0.4, -0.2) is 31.6 Å². The van der Waals surface area contributed by atoms with Gasteiger partial charge in [-0.05, 0) is 38.1 Å². The van der Waals surface area contributed by atoms with Crippen LogP contribution in [0.1, 0.15) is 18.1 Å². The van der Waals surface area contributed by atoms with Crippen molar-refractivity contribution in [3.63, 3.8) is 0 Å². The van der Waals surface area contributed by atoms with Crippen molar-refractivity contribution in [1.29, 1.82) is 0 Å². The van der Waals surface area contributed by atoms with E-state index in [1.165, 1.54) is 11.1 Å². The van der Waals surface area contributed by atoms with Crippen molar-refractivity contribution in [2.45, 2.75) is 26.4 Å². The van der Waals surface area contributed by atoms with Crippen molar-refractivity contribution in [3.05, 3.63) is 29.3 Å². The smallest absolute Gasteiger partial charge is 0.121 e. The zero-order valence-electron chi connectivity index (χ0n) is 10.7. The summed E-state index contributed by atoms with van der Waals surface area (Å²) >= 11 is 0. The molecule has 16 heavy (non-hydrogen) atoms. The Bertz CT molecular complexity index is 337. The van der Waals surface area contributed by atoms with E-state index in [9.17, 15) is 0 Å². The molecule has 1 rings (SSSR count). The highest BCUT2D eigenvalue weighted by molar-refractivity contribution is 5.36. The fourth-order valence-corrected chi connectivity index (χ4v) is 1.91. The average Bonchev–Trinajstić information content (AvgIpc) is 2.16. The van der Waals surface area contributed by atoms with E-state index in [0.717, 1.165) is 18.8 Å². The molecule has 1 aromatic rings. The first-order chi connectivity index (χ1) is 7.52. The zero-order valence-corrected chi connectivity index (χ0v) is 10.7. The Morgan fingerprint density at radius 1 is 1.44 bits per heavy atom. The maximum atomic E-state index is 5.76. The fraction of sp³-hybridized carbons (Fsp3) is 0.538. The second-order valence-corrected chi connectivity index (χ2v) is 4.48. The lowest BCUT2D eigenvalue weighted by Gasteiger charge is -2.19. The molecule has 0 spiro atoms. The fourth-order valence-electron chi connectivity index (χ4n) is 1.91. The molecular formula is C13H22N2O. The minimum atomic E-state index is 0.212. The number of benzene rings is 1. The van der Waals surface area contributed by atoms with E-state index in [2.05, 4.69) is 31.0 Å². The minimum absolute atomic E-state index is 0.212. The highest BCUT2D eigenvalue weighted by Crippen LogP contribution is 2.19. The van der Waals surface area contributed by atoms with E-state index in [0.29, 0.717) is 0 Å². The predicted octanol–water partition coefficient (Wildman–Crippen LogP) is 1.78. The summed E-state index contributed by atoms with van der Waals surface area (Å²) in [5, 5.41) is 0. The van der Waals surface area contributed by atoms with Crippen molar-refractivity contribution in [3.8, 4) is 5.75 Å².